The summed E-state index contributed by atoms with van der Waals surface area (Å²) in [4.78, 5) is 11.8. The van der Waals surface area contributed by atoms with Gasteiger partial charge >= 0.3 is 0 Å². The van der Waals surface area contributed by atoms with E-state index in [0.29, 0.717) is 5.56 Å². The molecule has 1 heterocycles. The number of benzene rings is 1. The number of rotatable bonds is 6. The molecule has 1 aromatic heterocycles. The number of carbonyl (C=O) groups excluding carboxylic acids is 1. The quantitative estimate of drug-likeness (QED) is 0.744. The van der Waals surface area contributed by atoms with Crippen LogP contribution in [0.1, 0.15) is 10.4 Å². The molecule has 0 unspecified atom stereocenters. The second-order valence-electron chi connectivity index (χ2n) is 4.10. The van der Waals surface area contributed by atoms with Crippen molar-refractivity contribution in [3.8, 4) is 0 Å². The van der Waals surface area contributed by atoms with E-state index in [2.05, 4.69) is 26.0 Å². The predicted octanol–water partition coefficient (Wildman–Crippen LogP) is 2.22. The first-order valence-corrected chi connectivity index (χ1v) is 9.21. The molecule has 2 rings (SSSR count). The molecule has 0 fully saturated rings. The highest BCUT2D eigenvalue weighted by atomic mass is 79.9. The predicted molar refractivity (Wildman–Crippen MR) is 86.0 cm³/mol. The van der Waals surface area contributed by atoms with E-state index in [0.717, 1.165) is 15.8 Å². The van der Waals surface area contributed by atoms with Gasteiger partial charge in [0.05, 0.1) is 0 Å². The largest absolute Gasteiger partial charge is 0.351 e. The van der Waals surface area contributed by atoms with Crippen molar-refractivity contribution in [2.24, 2.45) is 0 Å². The average molecular weight is 389 g/mol. The van der Waals surface area contributed by atoms with Crippen LogP contribution in [0, 0.1) is 0 Å². The Morgan fingerprint density at radius 2 is 2.00 bits per heavy atom. The Morgan fingerprint density at radius 1 is 1.19 bits per heavy atom. The molecule has 0 aliphatic heterocycles. The van der Waals surface area contributed by atoms with Gasteiger partial charge in [0.15, 0.2) is 0 Å². The fraction of sp³-hybridized carbons (Fsp3) is 0.154. The number of hydrogen-bond donors (Lipinski definition) is 2. The lowest BCUT2D eigenvalue weighted by atomic mass is 10.2. The molecule has 1 amide bonds. The maximum atomic E-state index is 11.8. The minimum absolute atomic E-state index is 0.139. The smallest absolute Gasteiger partial charge is 0.251 e. The first kappa shape index (κ1) is 16.2. The monoisotopic (exact) mass is 388 g/mol. The fourth-order valence-electron chi connectivity index (χ4n) is 1.58. The molecule has 2 N–H and O–H groups in total. The van der Waals surface area contributed by atoms with E-state index >= 15 is 0 Å². The summed E-state index contributed by atoms with van der Waals surface area (Å²) in [6.07, 6.45) is 0. The number of carbonyl (C=O) groups is 1. The maximum Gasteiger partial charge on any atom is 0.251 e. The molecule has 0 spiro atoms. The minimum atomic E-state index is -3.48. The van der Waals surface area contributed by atoms with Gasteiger partial charge in [0.25, 0.3) is 5.91 Å². The maximum absolute atomic E-state index is 11.8. The Balaban J connectivity index is 1.81. The lowest BCUT2D eigenvalue weighted by Crippen LogP contribution is -2.34. The van der Waals surface area contributed by atoms with Crippen LogP contribution < -0.4 is 10.0 Å². The van der Waals surface area contributed by atoms with Crippen LogP contribution in [0.25, 0.3) is 0 Å². The van der Waals surface area contributed by atoms with Crippen molar-refractivity contribution < 1.29 is 13.2 Å². The topological polar surface area (TPSA) is 75.3 Å². The van der Waals surface area contributed by atoms with Crippen LogP contribution in [0.3, 0.4) is 0 Å². The average Bonchev–Trinajstić information content (AvgIpc) is 2.98. The van der Waals surface area contributed by atoms with E-state index < -0.39 is 10.0 Å². The van der Waals surface area contributed by atoms with Crippen molar-refractivity contribution >= 4 is 43.2 Å². The molecule has 0 aliphatic rings. The normalized spacial score (nSPS) is 11.3. The van der Waals surface area contributed by atoms with Crippen molar-refractivity contribution in [3.63, 3.8) is 0 Å². The third-order valence-corrected chi connectivity index (χ3v) is 5.90. The summed E-state index contributed by atoms with van der Waals surface area (Å²) in [7, 11) is -3.48. The Morgan fingerprint density at radius 3 is 2.67 bits per heavy atom. The number of thiophene rings is 1. The highest BCUT2D eigenvalue weighted by Crippen LogP contribution is 2.14. The second kappa shape index (κ2) is 7.17. The number of halogens is 1. The van der Waals surface area contributed by atoms with E-state index in [9.17, 15) is 13.2 Å². The molecule has 2 aromatic rings. The first-order valence-electron chi connectivity index (χ1n) is 6.06. The SMILES string of the molecule is O=C(NCCNS(=O)(=O)c1cccs1)c1cccc(Br)c1. The number of amides is 1. The van der Waals surface area contributed by atoms with Gasteiger partial charge in [-0.25, -0.2) is 13.1 Å². The summed E-state index contributed by atoms with van der Waals surface area (Å²) in [6, 6.07) is 10.2. The van der Waals surface area contributed by atoms with Crippen LogP contribution in [0.15, 0.2) is 50.5 Å². The van der Waals surface area contributed by atoms with Crippen molar-refractivity contribution in [2.45, 2.75) is 4.21 Å². The Kier molecular flexibility index (Phi) is 5.51. The minimum Gasteiger partial charge on any atom is -0.351 e. The zero-order chi connectivity index (χ0) is 15.3. The molecular weight excluding hydrogens is 376 g/mol. The Hall–Kier alpha value is -1.22. The van der Waals surface area contributed by atoms with E-state index in [1.54, 1.807) is 29.6 Å². The Labute approximate surface area is 135 Å². The van der Waals surface area contributed by atoms with Gasteiger partial charge in [-0.2, -0.15) is 0 Å². The van der Waals surface area contributed by atoms with Crippen LogP contribution in [0.2, 0.25) is 0 Å². The zero-order valence-electron chi connectivity index (χ0n) is 10.9. The zero-order valence-corrected chi connectivity index (χ0v) is 14.1. The van der Waals surface area contributed by atoms with Crippen LogP contribution in [-0.2, 0) is 10.0 Å². The second-order valence-corrected chi connectivity index (χ2v) is 7.95. The van der Waals surface area contributed by atoms with E-state index in [-0.39, 0.29) is 23.2 Å². The van der Waals surface area contributed by atoms with Crippen LogP contribution in [0.4, 0.5) is 0 Å². The summed E-state index contributed by atoms with van der Waals surface area (Å²) in [6.45, 7) is 0.357. The third kappa shape index (κ3) is 4.63. The van der Waals surface area contributed by atoms with Gasteiger partial charge < -0.3 is 5.32 Å². The summed E-state index contributed by atoms with van der Waals surface area (Å²) in [5, 5.41) is 4.36. The van der Waals surface area contributed by atoms with Crippen molar-refractivity contribution in [2.75, 3.05) is 13.1 Å². The summed E-state index contributed by atoms with van der Waals surface area (Å²) in [5.74, 6) is -0.244. The summed E-state index contributed by atoms with van der Waals surface area (Å²) in [5.41, 5.74) is 0.519. The van der Waals surface area contributed by atoms with Gasteiger partial charge in [-0.15, -0.1) is 11.3 Å². The molecule has 0 saturated carbocycles. The molecule has 0 atom stereocenters. The van der Waals surface area contributed by atoms with Crippen molar-refractivity contribution in [3.05, 3.63) is 51.8 Å². The third-order valence-electron chi connectivity index (χ3n) is 2.55. The van der Waals surface area contributed by atoms with Gasteiger partial charge in [-0.05, 0) is 29.6 Å². The van der Waals surface area contributed by atoms with E-state index in [1.165, 1.54) is 6.07 Å². The summed E-state index contributed by atoms with van der Waals surface area (Å²) >= 11 is 4.44. The molecule has 21 heavy (non-hydrogen) atoms. The Bertz CT molecular complexity index is 715. The molecule has 112 valence electrons. The van der Waals surface area contributed by atoms with Gasteiger partial charge in [0.2, 0.25) is 10.0 Å². The first-order chi connectivity index (χ1) is 9.99. The van der Waals surface area contributed by atoms with Gasteiger partial charge in [0, 0.05) is 23.1 Å². The standard InChI is InChI=1S/C13H13BrN2O3S2/c14-11-4-1-3-10(9-11)13(17)15-6-7-16-21(18,19)12-5-2-8-20-12/h1-5,8-9,16H,6-7H2,(H,15,17). The number of sulfonamides is 1. The fourth-order valence-corrected chi connectivity index (χ4v) is 4.05. The molecule has 0 saturated heterocycles. The van der Waals surface area contributed by atoms with Gasteiger partial charge in [-0.1, -0.05) is 28.1 Å². The molecule has 0 aliphatic carbocycles. The summed E-state index contributed by atoms with van der Waals surface area (Å²) < 4.78 is 27.2. The van der Waals surface area contributed by atoms with E-state index in [4.69, 9.17) is 0 Å². The lowest BCUT2D eigenvalue weighted by molar-refractivity contribution is 0.0954. The van der Waals surface area contributed by atoms with Crippen LogP contribution >= 0.6 is 27.3 Å². The highest BCUT2D eigenvalue weighted by molar-refractivity contribution is 9.10. The van der Waals surface area contributed by atoms with Crippen LogP contribution in [-0.4, -0.2) is 27.4 Å². The molecule has 1 aromatic carbocycles. The number of nitrogens with one attached hydrogen (secondary N) is 2. The molecule has 8 heteroatoms. The van der Waals surface area contributed by atoms with Gasteiger partial charge in [0.1, 0.15) is 4.21 Å². The van der Waals surface area contributed by atoms with Crippen molar-refractivity contribution in [1.82, 2.24) is 10.0 Å². The van der Waals surface area contributed by atoms with E-state index in [1.807, 2.05) is 6.07 Å². The molecule has 0 bridgehead atoms. The highest BCUT2D eigenvalue weighted by Gasteiger charge is 2.14. The number of hydrogen-bond acceptors (Lipinski definition) is 4. The molecule has 5 nitrogen and oxygen atoms in total. The van der Waals surface area contributed by atoms with Gasteiger partial charge in [-0.3, -0.25) is 4.79 Å². The molecule has 0 radical (unpaired) electrons. The lowest BCUT2D eigenvalue weighted by Gasteiger charge is -2.07. The van der Waals surface area contributed by atoms with Crippen molar-refractivity contribution in [1.29, 1.82) is 0 Å². The molecular formula is C13H13BrN2O3S2. The van der Waals surface area contributed by atoms with Crippen LogP contribution in [0.5, 0.6) is 0 Å².